The van der Waals surface area contributed by atoms with E-state index in [0.29, 0.717) is 17.7 Å². The molecular weight excluding hydrogens is 706 g/mol. The van der Waals surface area contributed by atoms with Gasteiger partial charge in [0.1, 0.15) is 29.4 Å². The number of amides is 3. The monoisotopic (exact) mass is 755 g/mol. The van der Waals surface area contributed by atoms with Gasteiger partial charge in [-0.3, -0.25) is 33.8 Å². The molecule has 0 spiro atoms. The number of likely N-dealkylation sites (N-methyl/N-ethyl adjacent to an activating group) is 1. The van der Waals surface area contributed by atoms with Crippen LogP contribution in [0.3, 0.4) is 0 Å². The van der Waals surface area contributed by atoms with Crippen LogP contribution in [-0.4, -0.2) is 125 Å². The van der Waals surface area contributed by atoms with Crippen LogP contribution in [-0.2, 0) is 39.9 Å². The number of benzene rings is 1. The molecule has 54 heavy (non-hydrogen) atoms. The molecule has 2 saturated carbocycles. The lowest BCUT2D eigenvalue weighted by Crippen LogP contribution is -2.65. The fourth-order valence-corrected chi connectivity index (χ4v) is 8.40. The van der Waals surface area contributed by atoms with E-state index in [0.717, 1.165) is 30.6 Å². The Labute approximate surface area is 312 Å². The number of Topliss-reactive ketones (excluding diaryl/α,β-unsaturated/α-hetero) is 2. The summed E-state index contributed by atoms with van der Waals surface area (Å²) in [5.74, 6) is -8.88. The van der Waals surface area contributed by atoms with Crippen LogP contribution in [0.25, 0.3) is 5.76 Å². The predicted octanol–water partition coefficient (Wildman–Crippen LogP) is 1.90. The van der Waals surface area contributed by atoms with E-state index in [1.807, 2.05) is 0 Å². The Morgan fingerprint density at radius 2 is 1.70 bits per heavy atom. The lowest BCUT2D eigenvalue weighted by atomic mass is 9.57. The van der Waals surface area contributed by atoms with Crippen molar-refractivity contribution in [2.24, 2.45) is 23.5 Å². The number of esters is 1. The number of phenolic OH excluding ortho intramolecular Hbond substituents is 1. The number of nitrogens with one attached hydrogen (secondary N) is 1. The van der Waals surface area contributed by atoms with Gasteiger partial charge < -0.3 is 45.9 Å². The molecule has 4 atom stereocenters. The number of hydrogen-bond acceptors (Lipinski definition) is 14. The topological polar surface area (TPSA) is 250 Å². The standard InChI is InChI=1S/C37H49N5O12/c1-6-11-42(36(51)54-17-53-25(44)12-18-9-7-8-10-18)16-24(43)39-22-15-23(40(2)3)20-13-19-14-21-29(41(4)5)32(47)28(35(38)50)34(49)37(21,52)33(48)26(19)31(46)27(20)30(22)45/h15,18-19,21,29,45-46,49,52H,6-14,16-17H2,1-5H3,(H2,38,50)(H,39,43)/t19-,21-,29-,37-/m0/s1. The molecule has 4 aliphatic rings. The first-order valence-corrected chi connectivity index (χ1v) is 18.0. The van der Waals surface area contributed by atoms with E-state index in [4.69, 9.17) is 15.2 Å². The van der Waals surface area contributed by atoms with Crippen LogP contribution in [0.2, 0.25) is 0 Å². The van der Waals surface area contributed by atoms with Crippen molar-refractivity contribution in [2.45, 2.75) is 69.9 Å². The molecule has 1 aromatic carbocycles. The van der Waals surface area contributed by atoms with Gasteiger partial charge in [-0.05, 0) is 69.7 Å². The van der Waals surface area contributed by atoms with Crippen molar-refractivity contribution in [3.05, 3.63) is 34.1 Å². The maximum Gasteiger partial charge on any atom is 0.413 e. The average molecular weight is 756 g/mol. The van der Waals surface area contributed by atoms with E-state index < -0.39 is 95.1 Å². The molecule has 7 N–H and O–H groups in total. The van der Waals surface area contributed by atoms with E-state index in [-0.39, 0.29) is 48.5 Å². The summed E-state index contributed by atoms with van der Waals surface area (Å²) in [4.78, 5) is 82.4. The molecule has 5 rings (SSSR count). The molecule has 0 bridgehead atoms. The van der Waals surface area contributed by atoms with Gasteiger partial charge in [0.05, 0.1) is 17.3 Å². The summed E-state index contributed by atoms with van der Waals surface area (Å²) < 4.78 is 10.2. The Kier molecular flexibility index (Phi) is 11.6. The number of rotatable bonds is 12. The second-order valence-electron chi connectivity index (χ2n) is 14.9. The third-order valence-electron chi connectivity index (χ3n) is 10.9. The maximum atomic E-state index is 14.2. The van der Waals surface area contributed by atoms with Crippen molar-refractivity contribution in [3.8, 4) is 5.75 Å². The lowest BCUT2D eigenvalue weighted by Gasteiger charge is -2.50. The van der Waals surface area contributed by atoms with Crippen molar-refractivity contribution < 1.29 is 58.7 Å². The molecule has 0 unspecified atom stereocenters. The van der Waals surface area contributed by atoms with Crippen molar-refractivity contribution in [2.75, 3.05) is 58.3 Å². The number of nitrogens with zero attached hydrogens (tertiary/aromatic N) is 3. The van der Waals surface area contributed by atoms with Crippen LogP contribution >= 0.6 is 0 Å². The van der Waals surface area contributed by atoms with Gasteiger partial charge in [-0.15, -0.1) is 0 Å². The SMILES string of the molecule is CCCN(CC(=O)Nc1cc(N(C)C)c2c(c1O)C(O)=C1C(=O)[C@]3(O)C(O)=C(C(N)=O)C(=O)[C@@H](N(C)C)[C@@H]3C[C@@H]1C2)C(=O)OCOC(=O)CC1CCCC1. The van der Waals surface area contributed by atoms with E-state index in [1.54, 1.807) is 25.9 Å². The highest BCUT2D eigenvalue weighted by Gasteiger charge is 2.64. The molecule has 17 nitrogen and oxygen atoms in total. The molecule has 0 radical (unpaired) electrons. The van der Waals surface area contributed by atoms with Gasteiger partial charge in [0.15, 0.2) is 11.4 Å². The summed E-state index contributed by atoms with van der Waals surface area (Å²) >= 11 is 0. The van der Waals surface area contributed by atoms with Crippen molar-refractivity contribution in [1.82, 2.24) is 9.80 Å². The van der Waals surface area contributed by atoms with E-state index in [2.05, 4.69) is 5.32 Å². The zero-order chi connectivity index (χ0) is 39.8. The number of nitrogens with two attached hydrogens (primary N) is 1. The van der Waals surface area contributed by atoms with Crippen LogP contribution in [0.4, 0.5) is 16.2 Å². The normalized spacial score (nSPS) is 23.8. The number of fused-ring (bicyclic) bond motifs is 3. The first-order valence-electron chi connectivity index (χ1n) is 18.0. The molecule has 3 amide bonds. The van der Waals surface area contributed by atoms with Crippen LogP contribution in [0.5, 0.6) is 5.75 Å². The van der Waals surface area contributed by atoms with E-state index >= 15 is 0 Å². The Balaban J connectivity index is 1.42. The van der Waals surface area contributed by atoms with Gasteiger partial charge >= 0.3 is 12.1 Å². The van der Waals surface area contributed by atoms with Gasteiger partial charge in [0, 0.05) is 44.2 Å². The molecule has 294 valence electrons. The molecule has 0 aliphatic heterocycles. The number of anilines is 2. The second-order valence-corrected chi connectivity index (χ2v) is 14.9. The fraction of sp³-hybridized carbons (Fsp3) is 0.568. The van der Waals surface area contributed by atoms with E-state index in [9.17, 15) is 49.2 Å². The first kappa shape index (κ1) is 40.0. The molecule has 0 aromatic heterocycles. The third-order valence-corrected chi connectivity index (χ3v) is 10.9. The average Bonchev–Trinajstić information content (AvgIpc) is 3.59. The molecule has 17 heteroatoms. The first-order chi connectivity index (χ1) is 25.4. The zero-order valence-electron chi connectivity index (χ0n) is 31.1. The number of aliphatic hydroxyl groups excluding tert-OH is 2. The number of aromatic hydroxyl groups is 1. The van der Waals surface area contributed by atoms with Crippen molar-refractivity contribution >= 4 is 52.6 Å². The number of carbonyl (C=O) groups excluding carboxylic acids is 6. The summed E-state index contributed by atoms with van der Waals surface area (Å²) in [5.41, 5.74) is 1.81. The molecule has 0 saturated heterocycles. The minimum Gasteiger partial charge on any atom is -0.508 e. The fourth-order valence-electron chi connectivity index (χ4n) is 8.40. The summed E-state index contributed by atoms with van der Waals surface area (Å²) in [6, 6.07) is 0.251. The third kappa shape index (κ3) is 7.21. The number of ketones is 2. The van der Waals surface area contributed by atoms with Crippen molar-refractivity contribution in [1.29, 1.82) is 0 Å². The molecule has 1 aromatic rings. The van der Waals surface area contributed by atoms with Crippen LogP contribution < -0.4 is 16.0 Å². The number of aliphatic hydroxyl groups is 3. The number of primary amides is 1. The van der Waals surface area contributed by atoms with Gasteiger partial charge in [0.2, 0.25) is 18.5 Å². The molecule has 0 heterocycles. The highest BCUT2D eigenvalue weighted by atomic mass is 16.7. The summed E-state index contributed by atoms with van der Waals surface area (Å²) in [6.07, 6.45) is 3.79. The maximum absolute atomic E-state index is 14.2. The number of carbonyl (C=O) groups is 6. The van der Waals surface area contributed by atoms with Crippen LogP contribution in [0.1, 0.15) is 63.0 Å². The van der Waals surface area contributed by atoms with Gasteiger partial charge in [-0.2, -0.15) is 0 Å². The minimum absolute atomic E-state index is 0.0468. The van der Waals surface area contributed by atoms with Crippen molar-refractivity contribution in [3.63, 3.8) is 0 Å². The van der Waals surface area contributed by atoms with Gasteiger partial charge in [-0.25, -0.2) is 4.79 Å². The number of phenols is 1. The molecule has 4 aliphatic carbocycles. The van der Waals surface area contributed by atoms with E-state index in [1.165, 1.54) is 25.1 Å². The Morgan fingerprint density at radius 1 is 1.04 bits per heavy atom. The molecular formula is C37H49N5O12. The Hall–Kier alpha value is -5.16. The molecule has 2 fully saturated rings. The largest absolute Gasteiger partial charge is 0.508 e. The second kappa shape index (κ2) is 15.7. The lowest BCUT2D eigenvalue weighted by molar-refractivity contribution is -0.154. The summed E-state index contributed by atoms with van der Waals surface area (Å²) in [5, 5.41) is 48.8. The predicted molar refractivity (Wildman–Crippen MR) is 193 cm³/mol. The van der Waals surface area contributed by atoms with Gasteiger partial charge in [0.25, 0.3) is 5.91 Å². The number of ether oxygens (including phenoxy) is 2. The van der Waals surface area contributed by atoms with Gasteiger partial charge in [-0.1, -0.05) is 19.8 Å². The zero-order valence-corrected chi connectivity index (χ0v) is 31.1. The van der Waals surface area contributed by atoms with Crippen LogP contribution in [0, 0.1) is 17.8 Å². The highest BCUT2D eigenvalue weighted by molar-refractivity contribution is 6.24. The number of hydrogen-bond donors (Lipinski definition) is 6. The Bertz CT molecular complexity index is 1810. The summed E-state index contributed by atoms with van der Waals surface area (Å²) in [7, 11) is 6.42. The smallest absolute Gasteiger partial charge is 0.413 e. The van der Waals surface area contributed by atoms with Crippen LogP contribution in [0.15, 0.2) is 23.0 Å². The highest BCUT2D eigenvalue weighted by Crippen LogP contribution is 2.54. The quantitative estimate of drug-likeness (QED) is 0.0772. The Morgan fingerprint density at radius 3 is 2.30 bits per heavy atom. The summed E-state index contributed by atoms with van der Waals surface area (Å²) in [6.45, 7) is 0.763. The minimum atomic E-state index is -2.80.